The van der Waals surface area contributed by atoms with Gasteiger partial charge in [0.05, 0.1) is 0 Å². The summed E-state index contributed by atoms with van der Waals surface area (Å²) < 4.78 is 3.74. The molecule has 2 aliphatic heterocycles. The second kappa shape index (κ2) is 16.0. The van der Waals surface area contributed by atoms with Crippen molar-refractivity contribution in [2.24, 2.45) is 10.8 Å². The average molecular weight is 588 g/mol. The molecule has 0 N–H and O–H groups in total. The maximum Gasteiger partial charge on any atom is 0.00209 e. The van der Waals surface area contributed by atoms with Crippen LogP contribution in [0.3, 0.4) is 0 Å². The standard InChI is InChI=1S/2C10H18S4.Ni/c2*1-3-4-5-10(2)6-13-8(11)9(12)14-7-10;/h2*11-12H,3-7H2,1-2H3;/p-4. The Morgan fingerprint density at radius 1 is 0.621 bits per heavy atom. The molecular weight excluding hydrogens is 555 g/mol. The van der Waals surface area contributed by atoms with E-state index < -0.39 is 0 Å². The van der Waals surface area contributed by atoms with Crippen LogP contribution in [-0.4, -0.2) is 23.0 Å². The van der Waals surface area contributed by atoms with E-state index in [4.69, 9.17) is 50.5 Å². The molecule has 174 valence electrons. The molecule has 0 saturated carbocycles. The van der Waals surface area contributed by atoms with Crippen molar-refractivity contribution < 1.29 is 16.5 Å². The predicted molar refractivity (Wildman–Crippen MR) is 149 cm³/mol. The molecule has 0 nitrogen and oxygen atoms in total. The van der Waals surface area contributed by atoms with E-state index in [9.17, 15) is 0 Å². The third kappa shape index (κ3) is 12.3. The van der Waals surface area contributed by atoms with Crippen LogP contribution < -0.4 is 0 Å². The van der Waals surface area contributed by atoms with Crippen LogP contribution in [-0.2, 0) is 67.0 Å². The summed E-state index contributed by atoms with van der Waals surface area (Å²) in [7, 11) is 0. The summed E-state index contributed by atoms with van der Waals surface area (Å²) in [6.45, 7) is 9.21. The fourth-order valence-corrected chi connectivity index (χ4v) is 8.53. The molecule has 2 heterocycles. The third-order valence-corrected chi connectivity index (χ3v) is 13.3. The molecule has 29 heavy (non-hydrogen) atoms. The average Bonchev–Trinajstić information content (AvgIpc) is 2.90. The maximum atomic E-state index is 5.23. The Morgan fingerprint density at radius 3 is 1.07 bits per heavy atom. The van der Waals surface area contributed by atoms with Gasteiger partial charge >= 0.3 is 0 Å². The number of hydrogen-bond acceptors (Lipinski definition) is 8. The van der Waals surface area contributed by atoms with E-state index in [1.54, 1.807) is 47.0 Å². The van der Waals surface area contributed by atoms with Crippen LogP contribution in [0.5, 0.6) is 0 Å². The Balaban J connectivity index is 0.000000523. The van der Waals surface area contributed by atoms with Crippen molar-refractivity contribution in [2.45, 2.75) is 66.2 Å². The molecule has 0 aromatic heterocycles. The van der Waals surface area contributed by atoms with E-state index in [0.29, 0.717) is 10.8 Å². The Bertz CT molecular complexity index is 467. The van der Waals surface area contributed by atoms with Crippen molar-refractivity contribution >= 4 is 97.6 Å². The number of rotatable bonds is 6. The molecule has 0 unspecified atom stereocenters. The summed E-state index contributed by atoms with van der Waals surface area (Å²) in [5.41, 5.74) is 0.853. The molecule has 0 aliphatic carbocycles. The van der Waals surface area contributed by atoms with Crippen LogP contribution in [0.15, 0.2) is 16.9 Å². The van der Waals surface area contributed by atoms with Crippen LogP contribution in [0.2, 0.25) is 0 Å². The zero-order valence-electron chi connectivity index (χ0n) is 17.7. The molecule has 9 heteroatoms. The van der Waals surface area contributed by atoms with Crippen LogP contribution in [0.25, 0.3) is 0 Å². The van der Waals surface area contributed by atoms with Crippen molar-refractivity contribution in [2.75, 3.05) is 23.0 Å². The molecule has 0 fully saturated rings. The number of hydrogen-bond donors (Lipinski definition) is 0. The first-order valence-electron chi connectivity index (χ1n) is 9.82. The molecule has 0 aromatic carbocycles. The Hall–Kier alpha value is 2.25. The van der Waals surface area contributed by atoms with E-state index in [2.05, 4.69) is 27.7 Å². The minimum absolute atomic E-state index is 0. The van der Waals surface area contributed by atoms with Gasteiger partial charge in [-0.3, -0.25) is 0 Å². The summed E-state index contributed by atoms with van der Waals surface area (Å²) in [6.07, 6.45) is 7.79. The van der Waals surface area contributed by atoms with Crippen molar-refractivity contribution in [3.63, 3.8) is 0 Å². The van der Waals surface area contributed by atoms with Gasteiger partial charge in [-0.1, -0.05) is 53.4 Å². The van der Waals surface area contributed by atoms with Gasteiger partial charge in [0.2, 0.25) is 0 Å². The van der Waals surface area contributed by atoms with Gasteiger partial charge < -0.3 is 50.5 Å². The van der Waals surface area contributed by atoms with Crippen LogP contribution in [0.1, 0.15) is 66.2 Å². The van der Waals surface area contributed by atoms with Crippen LogP contribution in [0.4, 0.5) is 0 Å². The summed E-state index contributed by atoms with van der Waals surface area (Å²) in [4.78, 5) is 0. The van der Waals surface area contributed by atoms with Crippen molar-refractivity contribution in [1.82, 2.24) is 0 Å². The number of thioether (sulfide) groups is 4. The van der Waals surface area contributed by atoms with Gasteiger partial charge in [-0.25, -0.2) is 0 Å². The summed E-state index contributed by atoms with van der Waals surface area (Å²) >= 11 is 28.0. The predicted octanol–water partition coefficient (Wildman–Crippen LogP) is 7.76. The minimum Gasteiger partial charge on any atom is -0.774 e. The van der Waals surface area contributed by atoms with Gasteiger partial charge in [-0.05, 0) is 23.7 Å². The Labute approximate surface area is 228 Å². The number of unbranched alkanes of at least 4 members (excludes halogenated alkanes) is 2. The SMILES string of the molecule is CCCCC1(C)CSC([S-])=C([S-])SC1.CCCCC1(C)CSC([S-])=C([S-])SC1.[Ni]. The van der Waals surface area contributed by atoms with Gasteiger partial charge in [0, 0.05) is 39.5 Å². The van der Waals surface area contributed by atoms with Gasteiger partial charge in [0.25, 0.3) is 0 Å². The minimum atomic E-state index is 0. The fraction of sp³-hybridized carbons (Fsp3) is 0.800. The summed E-state index contributed by atoms with van der Waals surface area (Å²) in [5.74, 6) is 4.55. The normalized spacial score (nSPS) is 21.4. The van der Waals surface area contributed by atoms with E-state index in [1.165, 1.54) is 38.5 Å². The molecule has 0 amide bonds. The molecule has 0 saturated heterocycles. The van der Waals surface area contributed by atoms with Crippen LogP contribution >= 0.6 is 47.0 Å². The first-order valence-corrected chi connectivity index (χ1v) is 15.4. The zero-order valence-corrected chi connectivity index (χ0v) is 25.2. The third-order valence-electron chi connectivity index (χ3n) is 4.81. The first kappa shape index (κ1) is 31.3. The topological polar surface area (TPSA) is 0 Å². The van der Waals surface area contributed by atoms with Gasteiger partial charge in [0.1, 0.15) is 0 Å². The van der Waals surface area contributed by atoms with Crippen molar-refractivity contribution in [3.05, 3.63) is 16.9 Å². The first-order chi connectivity index (χ1) is 13.1. The molecule has 0 spiro atoms. The molecule has 0 bridgehead atoms. The molecule has 0 atom stereocenters. The zero-order chi connectivity index (χ0) is 21.2. The fourth-order valence-electron chi connectivity index (χ4n) is 2.77. The molecular formula is C20H32NiS8-4. The van der Waals surface area contributed by atoms with E-state index in [0.717, 1.165) is 40.0 Å². The van der Waals surface area contributed by atoms with Gasteiger partial charge in [-0.15, -0.1) is 0 Å². The molecule has 2 aliphatic rings. The van der Waals surface area contributed by atoms with E-state index in [1.807, 2.05) is 0 Å². The van der Waals surface area contributed by atoms with Crippen molar-refractivity contribution in [1.29, 1.82) is 0 Å². The summed E-state index contributed by atoms with van der Waals surface area (Å²) in [6, 6.07) is 0. The second-order valence-electron chi connectivity index (χ2n) is 8.13. The van der Waals surface area contributed by atoms with E-state index in [-0.39, 0.29) is 16.5 Å². The Kier molecular flexibility index (Phi) is 17.2. The quantitative estimate of drug-likeness (QED) is 0.226. The van der Waals surface area contributed by atoms with Crippen molar-refractivity contribution in [3.8, 4) is 0 Å². The van der Waals surface area contributed by atoms with Gasteiger partial charge in [-0.2, -0.15) is 64.0 Å². The molecule has 0 radical (unpaired) electrons. The molecule has 2 rings (SSSR count). The molecule has 0 aromatic rings. The smallest absolute Gasteiger partial charge is 0.00209 e. The monoisotopic (exact) mass is 586 g/mol. The summed E-state index contributed by atoms with van der Waals surface area (Å²) in [5, 5.41) is 0. The van der Waals surface area contributed by atoms with E-state index >= 15 is 0 Å². The van der Waals surface area contributed by atoms with Gasteiger partial charge in [0.15, 0.2) is 0 Å². The Morgan fingerprint density at radius 2 is 0.862 bits per heavy atom. The maximum absolute atomic E-state index is 5.23. The largest absolute Gasteiger partial charge is 0.774 e. The van der Waals surface area contributed by atoms with Crippen LogP contribution in [0, 0.1) is 10.8 Å². The second-order valence-corrected chi connectivity index (χ2v) is 14.7.